The first-order valence-corrected chi connectivity index (χ1v) is 38.6. The third-order valence-corrected chi connectivity index (χ3v) is 18.8. The van der Waals surface area contributed by atoms with Gasteiger partial charge in [0.15, 0.2) is 25.2 Å². The van der Waals surface area contributed by atoms with Gasteiger partial charge in [-0.2, -0.15) is 0 Å². The summed E-state index contributed by atoms with van der Waals surface area (Å²) in [6.07, 6.45) is -51.4. The molecule has 738 valence electrons. The number of aliphatic hydroxyl groups excluding tert-OH is 32. The van der Waals surface area contributed by atoms with Gasteiger partial charge < -0.3 is 263 Å². The molecule has 6 heterocycles. The largest absolute Gasteiger partial charge is 0.400 e. The standard InChI is InChI=1S/C22H46O15.2C15H28O12.C13H24O11.C2H6O.C2H4O.CH4O/c1-31-20(10-36-21(12-32-16(2-23)3-24)13-33-17(4-25)5-26)11-37-22(14-34-18(6-27)7-28)15-35-19(8-29)9-30;2*1-24-4-5(18)13-10(21)11(22)14(7(3-17)25-13)27-15-12(23)9(20)8(19)6(2-16)26-15;1-21-12-10(20)8(18)11(5(3-15)23-12)24-13-9(19)7(17)6(16)4(2-14)22-13;1-3-2;1-2-3;1-2/h16-30H,2-15H2,1H3;2*5-23H,2-4H2,1H3;4-20H,2-3H2,1H3;1-2H3;2H,1H3;2H,1H3/t;2*5?,6-,7-,8-,9+,10-,11-,12-,13?,14-,15+;4-,5-,6-,7+,8-,9-,10-,11-,12?,13+;;;/m.000.../s1. The van der Waals surface area contributed by atoms with E-state index >= 15 is 0 Å². The number of aliphatic hydroxyl groups is 32. The minimum Gasteiger partial charge on any atom is -0.400 e. The lowest BCUT2D eigenvalue weighted by Gasteiger charge is -2.46. The molecule has 0 bridgehead atoms. The predicted molar refractivity (Wildman–Crippen MR) is 401 cm³/mol. The molecule has 32 atom stereocenters. The SMILES string of the molecule is CC=O.CO.COC.COC(COC(COC(CO)CO)COC(CO)CO)COC(COC(CO)CO)COC(CO)CO.COC1O[C@@H](CO)[C@H](O[C@H]2O[C@@H](CO)[C@H](O)[C@@H](O)[C@@H]2O)[C@@H](O)[C@@H]1O.COCC(O)C1O[C@@H](CO)[C@H](O[C@H]2O[C@@H](CO)[C@H](O)[C@@H](O)[C@@H]2O)[C@@H](O)[C@@H]1O.COCC(O)C1O[C@@H](CO)[C@H](O[C@H]2O[C@@H](CO)[C@H](O)[C@@H](O)[C@@H]2O)[C@@H](O)[C@@H]1O. The first kappa shape index (κ1) is 121. The molecule has 0 aromatic heterocycles. The lowest BCUT2D eigenvalue weighted by molar-refractivity contribution is -0.357. The topological polar surface area (TPSA) is 849 Å². The summed E-state index contributed by atoms with van der Waals surface area (Å²) >= 11 is 0. The average Bonchev–Trinajstić information content (AvgIpc) is 0.793. The van der Waals surface area contributed by atoms with Gasteiger partial charge in [0.1, 0.15) is 220 Å². The van der Waals surface area contributed by atoms with Crippen molar-refractivity contribution in [1.29, 1.82) is 0 Å². The Morgan fingerprint density at radius 2 is 0.488 bits per heavy atom. The molecule has 53 heteroatoms. The summed E-state index contributed by atoms with van der Waals surface area (Å²) in [6.45, 7) is -6.33. The van der Waals surface area contributed by atoms with Crippen molar-refractivity contribution in [3.8, 4) is 0 Å². The fraction of sp³-hybridized carbons (Fsp3) is 0.986. The highest BCUT2D eigenvalue weighted by molar-refractivity contribution is 5.44. The molecule has 6 aliphatic heterocycles. The van der Waals surface area contributed by atoms with Crippen LogP contribution >= 0.6 is 0 Å². The van der Waals surface area contributed by atoms with E-state index in [2.05, 4.69) is 4.74 Å². The molecule has 0 aromatic carbocycles. The molecule has 0 aliphatic carbocycles. The molecule has 0 spiro atoms. The van der Waals surface area contributed by atoms with Gasteiger partial charge in [0.25, 0.3) is 0 Å². The zero-order valence-electron chi connectivity index (χ0n) is 69.5. The molecule has 53 nitrogen and oxygen atoms in total. The van der Waals surface area contributed by atoms with Crippen molar-refractivity contribution in [1.82, 2.24) is 0 Å². The van der Waals surface area contributed by atoms with Gasteiger partial charge in [0.2, 0.25) is 0 Å². The Bertz CT molecular complexity index is 2320. The molecule has 5 unspecified atom stereocenters. The number of carbonyl (C=O) groups is 1. The average molecular weight is 1830 g/mol. The van der Waals surface area contributed by atoms with Crippen molar-refractivity contribution in [2.45, 2.75) is 246 Å². The van der Waals surface area contributed by atoms with E-state index in [1.54, 1.807) is 14.2 Å². The Morgan fingerprint density at radius 1 is 0.276 bits per heavy atom. The van der Waals surface area contributed by atoms with Crippen molar-refractivity contribution >= 4 is 6.29 Å². The van der Waals surface area contributed by atoms with Crippen LogP contribution in [0, 0.1) is 0 Å². The summed E-state index contributed by atoms with van der Waals surface area (Å²) in [7, 11) is 9.57. The van der Waals surface area contributed by atoms with Crippen molar-refractivity contribution in [2.75, 3.05) is 195 Å². The fourth-order valence-corrected chi connectivity index (χ4v) is 11.7. The van der Waals surface area contributed by atoms with Crippen molar-refractivity contribution in [2.24, 2.45) is 0 Å². The molecule has 6 aliphatic rings. The summed E-state index contributed by atoms with van der Waals surface area (Å²) in [5.74, 6) is 0. The van der Waals surface area contributed by atoms with Crippen LogP contribution in [0.1, 0.15) is 6.92 Å². The molecule has 0 saturated carbocycles. The second kappa shape index (κ2) is 67.7. The molecule has 0 aromatic rings. The summed E-state index contributed by atoms with van der Waals surface area (Å²) in [5, 5.41) is 306. The number of ether oxygens (including phenoxy) is 20. The monoisotopic (exact) mass is 1830 g/mol. The molecule has 0 radical (unpaired) electrons. The molecular formula is C70H140O53. The Labute approximate surface area is 708 Å². The summed E-state index contributed by atoms with van der Waals surface area (Å²) in [4.78, 5) is 8.81. The quantitative estimate of drug-likeness (QED) is 0.0252. The molecule has 0 amide bonds. The van der Waals surface area contributed by atoms with Crippen molar-refractivity contribution in [3.63, 3.8) is 0 Å². The maximum atomic E-state index is 10.4. The Morgan fingerprint density at radius 3 is 0.707 bits per heavy atom. The third kappa shape index (κ3) is 39.1. The van der Waals surface area contributed by atoms with Crippen molar-refractivity contribution < 1.29 is 263 Å². The molecule has 123 heavy (non-hydrogen) atoms. The molecule has 32 N–H and O–H groups in total. The minimum atomic E-state index is -1.73. The second-order valence-corrected chi connectivity index (χ2v) is 27.7. The van der Waals surface area contributed by atoms with Crippen LogP contribution < -0.4 is 0 Å². The first-order chi connectivity index (χ1) is 58.6. The van der Waals surface area contributed by atoms with E-state index < -0.39 is 331 Å². The Hall–Kier alpha value is -2.41. The van der Waals surface area contributed by atoms with Crippen LogP contribution in [-0.2, 0) is 99.5 Å². The van der Waals surface area contributed by atoms with Gasteiger partial charge in [-0.1, -0.05) is 0 Å². The third-order valence-electron chi connectivity index (χ3n) is 18.8. The van der Waals surface area contributed by atoms with E-state index in [0.717, 1.165) is 13.4 Å². The van der Waals surface area contributed by atoms with Gasteiger partial charge in [0, 0.05) is 49.8 Å². The van der Waals surface area contributed by atoms with E-state index in [1.165, 1.54) is 35.4 Å². The van der Waals surface area contributed by atoms with Crippen LogP contribution in [0.3, 0.4) is 0 Å². The number of methoxy groups -OCH3 is 5. The van der Waals surface area contributed by atoms with E-state index in [4.69, 9.17) is 105 Å². The van der Waals surface area contributed by atoms with E-state index in [0.29, 0.717) is 0 Å². The van der Waals surface area contributed by atoms with Gasteiger partial charge in [0.05, 0.1) is 145 Å². The van der Waals surface area contributed by atoms with Gasteiger partial charge >= 0.3 is 0 Å². The van der Waals surface area contributed by atoms with Crippen LogP contribution in [0.25, 0.3) is 0 Å². The van der Waals surface area contributed by atoms with Crippen LogP contribution in [0.15, 0.2) is 0 Å². The smallest absolute Gasteiger partial charge is 0.187 e. The van der Waals surface area contributed by atoms with Crippen molar-refractivity contribution in [3.05, 3.63) is 0 Å². The number of carbonyl (C=O) groups excluding carboxylic acids is 1. The predicted octanol–water partition coefficient (Wildman–Crippen LogP) is -20.1. The summed E-state index contributed by atoms with van der Waals surface area (Å²) in [6, 6.07) is 0. The highest BCUT2D eigenvalue weighted by atomic mass is 16.8. The number of hydrogen-bond donors (Lipinski definition) is 32. The Balaban J connectivity index is 0.00000158. The van der Waals surface area contributed by atoms with E-state index in [9.17, 15) is 153 Å². The van der Waals surface area contributed by atoms with Gasteiger partial charge in [-0.05, 0) is 6.92 Å². The van der Waals surface area contributed by atoms with Gasteiger partial charge in [-0.3, -0.25) is 0 Å². The van der Waals surface area contributed by atoms with Gasteiger partial charge in [-0.15, -0.1) is 0 Å². The fourth-order valence-electron chi connectivity index (χ4n) is 11.7. The second-order valence-electron chi connectivity index (χ2n) is 27.7. The zero-order chi connectivity index (χ0) is 93.9. The summed E-state index contributed by atoms with van der Waals surface area (Å²) in [5.41, 5.74) is 0. The molecule has 6 rings (SSSR count). The lowest BCUT2D eigenvalue weighted by Crippen LogP contribution is -2.66. The lowest BCUT2D eigenvalue weighted by atomic mass is 9.92. The molecule has 6 fully saturated rings. The number of rotatable bonds is 46. The van der Waals surface area contributed by atoms with Crippen LogP contribution in [-0.4, -0.2) is 604 Å². The van der Waals surface area contributed by atoms with E-state index in [1.807, 2.05) is 0 Å². The van der Waals surface area contributed by atoms with Crippen LogP contribution in [0.2, 0.25) is 0 Å². The molecule has 6 saturated heterocycles. The summed E-state index contributed by atoms with van der Waals surface area (Å²) < 4.78 is 105. The maximum Gasteiger partial charge on any atom is 0.187 e. The number of hydrogen-bond acceptors (Lipinski definition) is 53. The maximum absolute atomic E-state index is 10.4. The minimum absolute atomic E-state index is 0.0000354. The molecular weight excluding hydrogens is 1690 g/mol. The zero-order valence-corrected chi connectivity index (χ0v) is 69.5. The highest BCUT2D eigenvalue weighted by Gasteiger charge is 2.55. The van der Waals surface area contributed by atoms with Gasteiger partial charge in [-0.25, -0.2) is 0 Å². The first-order valence-electron chi connectivity index (χ1n) is 38.6. The van der Waals surface area contributed by atoms with Crippen LogP contribution in [0.4, 0.5) is 0 Å². The highest BCUT2D eigenvalue weighted by Crippen LogP contribution is 2.34. The number of aldehydes is 1. The normalized spacial score (nSPS) is 34.5. The Kier molecular flexibility index (Phi) is 66.4. The van der Waals surface area contributed by atoms with E-state index in [-0.39, 0.29) is 52.9 Å². The van der Waals surface area contributed by atoms with Crippen LogP contribution in [0.5, 0.6) is 0 Å².